The fraction of sp³-hybridized carbons (Fsp3) is 0.222. The zero-order chi connectivity index (χ0) is 23.7. The summed E-state index contributed by atoms with van der Waals surface area (Å²) >= 11 is 0. The highest BCUT2D eigenvalue weighted by atomic mass is 35.5. The fourth-order valence-corrected chi connectivity index (χ4v) is 4.65. The van der Waals surface area contributed by atoms with Gasteiger partial charge in [-0.05, 0) is 72.5 Å². The van der Waals surface area contributed by atoms with Gasteiger partial charge in [-0.2, -0.15) is 0 Å². The Bertz CT molecular complexity index is 1330. The van der Waals surface area contributed by atoms with E-state index in [1.807, 2.05) is 18.2 Å². The SMILES string of the molecule is Cl.Cl.NC[C@@H]1CN[C@H](CNC(=O)c2[nH]c3cc(-c4ccc(F)cc4)ccc3c2-c2ccc(F)cc2)C1. The molecule has 1 aromatic heterocycles. The molecule has 0 aliphatic carbocycles. The number of benzene rings is 3. The number of carbonyl (C=O) groups is 1. The second-order valence-electron chi connectivity index (χ2n) is 8.80. The average molecular weight is 533 g/mol. The van der Waals surface area contributed by atoms with Gasteiger partial charge in [0.15, 0.2) is 0 Å². The van der Waals surface area contributed by atoms with E-state index in [0.717, 1.165) is 46.1 Å². The summed E-state index contributed by atoms with van der Waals surface area (Å²) in [6.45, 7) is 1.98. The van der Waals surface area contributed by atoms with Crippen LogP contribution >= 0.6 is 24.8 Å². The number of aromatic amines is 1. The van der Waals surface area contributed by atoms with Gasteiger partial charge in [0.2, 0.25) is 0 Å². The molecule has 0 saturated carbocycles. The maximum atomic E-state index is 13.6. The number of aromatic nitrogens is 1. The van der Waals surface area contributed by atoms with Crippen LogP contribution in [0.4, 0.5) is 8.78 Å². The summed E-state index contributed by atoms with van der Waals surface area (Å²) in [5.41, 5.74) is 10.2. The molecule has 9 heteroatoms. The minimum absolute atomic E-state index is 0. The average Bonchev–Trinajstić information content (AvgIpc) is 3.48. The van der Waals surface area contributed by atoms with Crippen LogP contribution in [0.1, 0.15) is 16.9 Å². The monoisotopic (exact) mass is 532 g/mol. The van der Waals surface area contributed by atoms with Gasteiger partial charge in [-0.15, -0.1) is 24.8 Å². The second-order valence-corrected chi connectivity index (χ2v) is 8.80. The first-order valence-corrected chi connectivity index (χ1v) is 11.4. The number of nitrogens with two attached hydrogens (primary N) is 1. The molecular formula is C27H28Cl2F2N4O. The van der Waals surface area contributed by atoms with E-state index in [2.05, 4.69) is 15.6 Å². The number of hydrogen-bond acceptors (Lipinski definition) is 3. The highest BCUT2D eigenvalue weighted by Crippen LogP contribution is 2.35. The number of halogens is 4. The molecule has 0 unspecified atom stereocenters. The van der Waals surface area contributed by atoms with Crippen LogP contribution in [0.2, 0.25) is 0 Å². The van der Waals surface area contributed by atoms with E-state index in [1.54, 1.807) is 24.3 Å². The van der Waals surface area contributed by atoms with Gasteiger partial charge in [-0.1, -0.05) is 36.4 Å². The fourth-order valence-electron chi connectivity index (χ4n) is 4.65. The summed E-state index contributed by atoms with van der Waals surface area (Å²) in [5, 5.41) is 7.28. The summed E-state index contributed by atoms with van der Waals surface area (Å²) in [6, 6.07) is 18.4. The first kappa shape index (κ1) is 27.6. The lowest BCUT2D eigenvalue weighted by atomic mass is 9.99. The van der Waals surface area contributed by atoms with E-state index < -0.39 is 0 Å². The molecule has 5 nitrogen and oxygen atoms in total. The Morgan fingerprint density at radius 2 is 1.53 bits per heavy atom. The smallest absolute Gasteiger partial charge is 0.268 e. The van der Waals surface area contributed by atoms with E-state index in [0.29, 0.717) is 24.7 Å². The third-order valence-corrected chi connectivity index (χ3v) is 6.49. The Balaban J connectivity index is 0.00000180. The predicted molar refractivity (Wildman–Crippen MR) is 145 cm³/mol. The van der Waals surface area contributed by atoms with Crippen molar-refractivity contribution in [1.29, 1.82) is 0 Å². The molecule has 0 spiro atoms. The third kappa shape index (κ3) is 5.71. The molecule has 1 amide bonds. The zero-order valence-corrected chi connectivity index (χ0v) is 21.0. The maximum Gasteiger partial charge on any atom is 0.268 e. The molecule has 36 heavy (non-hydrogen) atoms. The van der Waals surface area contributed by atoms with Crippen molar-refractivity contribution in [2.45, 2.75) is 12.5 Å². The van der Waals surface area contributed by atoms with Crippen LogP contribution in [0.5, 0.6) is 0 Å². The summed E-state index contributed by atoms with van der Waals surface area (Å²) in [4.78, 5) is 16.5. The molecule has 1 aliphatic heterocycles. The van der Waals surface area contributed by atoms with E-state index >= 15 is 0 Å². The lowest BCUT2D eigenvalue weighted by molar-refractivity contribution is 0.0946. The first-order valence-electron chi connectivity index (χ1n) is 11.4. The molecule has 190 valence electrons. The van der Waals surface area contributed by atoms with Crippen molar-refractivity contribution in [2.24, 2.45) is 11.7 Å². The molecule has 1 fully saturated rings. The number of rotatable bonds is 6. The van der Waals surface area contributed by atoms with Gasteiger partial charge in [0.1, 0.15) is 17.3 Å². The van der Waals surface area contributed by atoms with Gasteiger partial charge >= 0.3 is 0 Å². The third-order valence-electron chi connectivity index (χ3n) is 6.49. The van der Waals surface area contributed by atoms with Gasteiger partial charge < -0.3 is 21.4 Å². The van der Waals surface area contributed by atoms with Crippen LogP contribution in [0.3, 0.4) is 0 Å². The van der Waals surface area contributed by atoms with Crippen LogP contribution in [0, 0.1) is 17.6 Å². The van der Waals surface area contributed by atoms with Gasteiger partial charge in [0, 0.05) is 29.1 Å². The molecule has 5 rings (SSSR count). The van der Waals surface area contributed by atoms with Crippen LogP contribution in [0.25, 0.3) is 33.2 Å². The normalized spacial score (nSPS) is 16.9. The number of fused-ring (bicyclic) bond motifs is 1. The predicted octanol–water partition coefficient (Wildman–Crippen LogP) is 5.29. The van der Waals surface area contributed by atoms with E-state index in [-0.39, 0.29) is 48.4 Å². The van der Waals surface area contributed by atoms with Crippen LogP contribution < -0.4 is 16.4 Å². The lowest BCUT2D eigenvalue weighted by Crippen LogP contribution is -2.37. The molecule has 2 atom stereocenters. The van der Waals surface area contributed by atoms with Crippen LogP contribution in [0.15, 0.2) is 66.7 Å². The second kappa shape index (κ2) is 11.8. The minimum atomic E-state index is -0.338. The molecule has 1 aliphatic rings. The summed E-state index contributed by atoms with van der Waals surface area (Å²) in [6.07, 6.45) is 0.926. The minimum Gasteiger partial charge on any atom is -0.350 e. The van der Waals surface area contributed by atoms with Gasteiger partial charge in [0.25, 0.3) is 5.91 Å². The van der Waals surface area contributed by atoms with Crippen LogP contribution in [-0.4, -0.2) is 36.6 Å². The quantitative estimate of drug-likeness (QED) is 0.272. The molecule has 0 bridgehead atoms. The largest absolute Gasteiger partial charge is 0.350 e. The van der Waals surface area contributed by atoms with Gasteiger partial charge in [-0.25, -0.2) is 8.78 Å². The number of carbonyl (C=O) groups excluding carboxylic acids is 1. The Kier molecular flexibility index (Phi) is 9.08. The molecule has 0 radical (unpaired) electrons. The Morgan fingerprint density at radius 3 is 2.14 bits per heavy atom. The van der Waals surface area contributed by atoms with Gasteiger partial charge in [-0.3, -0.25) is 4.79 Å². The Morgan fingerprint density at radius 1 is 0.917 bits per heavy atom. The molecule has 1 saturated heterocycles. The van der Waals surface area contributed by atoms with E-state index in [1.165, 1.54) is 24.3 Å². The van der Waals surface area contributed by atoms with E-state index in [9.17, 15) is 13.6 Å². The van der Waals surface area contributed by atoms with E-state index in [4.69, 9.17) is 5.73 Å². The van der Waals surface area contributed by atoms with Crippen molar-refractivity contribution in [3.05, 3.63) is 84.1 Å². The zero-order valence-electron chi connectivity index (χ0n) is 19.4. The Labute approximate surface area is 220 Å². The summed E-state index contributed by atoms with van der Waals surface area (Å²) < 4.78 is 26.9. The number of nitrogens with one attached hydrogen (secondary N) is 3. The lowest BCUT2D eigenvalue weighted by Gasteiger charge is -2.12. The summed E-state index contributed by atoms with van der Waals surface area (Å²) in [5.74, 6) is -0.432. The molecular weight excluding hydrogens is 505 g/mol. The molecule has 5 N–H and O–H groups in total. The van der Waals surface area contributed by atoms with Crippen LogP contribution in [-0.2, 0) is 0 Å². The standard InChI is InChI=1S/C27H26F2N4O.2ClH/c28-20-6-1-17(2-7-20)19-5-10-23-24(12-19)33-26(25(23)18-3-8-21(29)9-4-18)27(34)32-15-22-11-16(13-30)14-31-22;;/h1-10,12,16,22,31,33H,11,13-15,30H2,(H,32,34);2*1H/t16-,22+;;/m1../s1. The van der Waals surface area contributed by atoms with Crippen molar-refractivity contribution < 1.29 is 13.6 Å². The van der Waals surface area contributed by atoms with Crippen molar-refractivity contribution in [3.8, 4) is 22.3 Å². The Hall–Kier alpha value is -2.97. The van der Waals surface area contributed by atoms with Crippen molar-refractivity contribution >= 4 is 41.6 Å². The molecule has 3 aromatic carbocycles. The summed E-state index contributed by atoms with van der Waals surface area (Å²) in [7, 11) is 0. The number of H-pyrrole nitrogens is 1. The first-order chi connectivity index (χ1) is 16.5. The van der Waals surface area contributed by atoms with Crippen molar-refractivity contribution in [2.75, 3.05) is 19.6 Å². The number of amides is 1. The number of hydrogen-bond donors (Lipinski definition) is 4. The van der Waals surface area contributed by atoms with Crippen molar-refractivity contribution in [1.82, 2.24) is 15.6 Å². The highest BCUT2D eigenvalue weighted by molar-refractivity contribution is 6.10. The topological polar surface area (TPSA) is 82.9 Å². The molecule has 2 heterocycles. The molecule has 4 aromatic rings. The maximum absolute atomic E-state index is 13.6. The highest BCUT2D eigenvalue weighted by Gasteiger charge is 2.25. The van der Waals surface area contributed by atoms with Gasteiger partial charge in [0.05, 0.1) is 0 Å². The van der Waals surface area contributed by atoms with Crippen molar-refractivity contribution in [3.63, 3.8) is 0 Å².